The Morgan fingerprint density at radius 1 is 0.854 bits per heavy atom. The lowest BCUT2D eigenvalue weighted by atomic mass is 10.1. The second-order valence-corrected chi connectivity index (χ2v) is 9.90. The van der Waals surface area contributed by atoms with Crippen LogP contribution in [0.25, 0.3) is 0 Å². The van der Waals surface area contributed by atoms with Crippen molar-refractivity contribution in [3.63, 3.8) is 0 Å². The van der Waals surface area contributed by atoms with Crippen LogP contribution in [0.4, 0.5) is 43.4 Å². The van der Waals surface area contributed by atoms with E-state index in [1.165, 1.54) is 24.3 Å². The molecule has 0 amide bonds. The van der Waals surface area contributed by atoms with Crippen molar-refractivity contribution in [1.82, 2.24) is 4.90 Å². The summed E-state index contributed by atoms with van der Waals surface area (Å²) in [4.78, 5) is 16.7. The Bertz CT molecular complexity index is 1290. The van der Waals surface area contributed by atoms with E-state index in [2.05, 4.69) is 10.2 Å². The zero-order chi connectivity index (χ0) is 28.0. The second kappa shape index (κ2) is 14.9. The maximum atomic E-state index is 13.0. The Morgan fingerprint density at radius 2 is 1.54 bits per heavy atom. The van der Waals surface area contributed by atoms with E-state index < -0.39 is 23.2 Å². The number of carbonyl (C=O) groups is 1. The van der Waals surface area contributed by atoms with Gasteiger partial charge in [0.15, 0.2) is 0 Å². The largest absolute Gasteiger partial charge is 0.461 e. The molecule has 41 heavy (non-hydrogen) atoms. The summed E-state index contributed by atoms with van der Waals surface area (Å²) in [6.45, 7) is 2.82. The lowest BCUT2D eigenvalue weighted by Crippen LogP contribution is -2.47. The van der Waals surface area contributed by atoms with Gasteiger partial charge in [-0.1, -0.05) is 24.3 Å². The van der Waals surface area contributed by atoms with Gasteiger partial charge in [-0.05, 0) is 60.3 Å². The molecular formula is C27H27Cl2F6N3O2S. The van der Waals surface area contributed by atoms with Crippen LogP contribution in [-0.2, 0) is 10.9 Å². The summed E-state index contributed by atoms with van der Waals surface area (Å²) in [5, 5.41) is 2.99. The molecule has 0 aromatic heterocycles. The Morgan fingerprint density at radius 3 is 2.22 bits per heavy atom. The first-order chi connectivity index (χ1) is 18.5. The number of hydrogen-bond acceptors (Lipinski definition) is 6. The van der Waals surface area contributed by atoms with Gasteiger partial charge in [-0.25, -0.2) is 4.79 Å². The normalized spacial score (nSPS) is 14.0. The van der Waals surface area contributed by atoms with Crippen LogP contribution in [0.2, 0.25) is 0 Å². The molecule has 3 aromatic carbocycles. The Hall–Kier alpha value is -2.80. The van der Waals surface area contributed by atoms with Gasteiger partial charge in [0.1, 0.15) is 6.61 Å². The highest BCUT2D eigenvalue weighted by Crippen LogP contribution is 2.38. The van der Waals surface area contributed by atoms with Gasteiger partial charge in [0.05, 0.1) is 16.8 Å². The SMILES string of the molecule is Cl.Cl.O=C(OCCN1CCN(c2cccc(C(F)(F)F)c2)CC1)c1ccccc1Nc1cccc(SC(F)(F)F)c1. The molecule has 14 heteroatoms. The predicted molar refractivity (Wildman–Crippen MR) is 153 cm³/mol. The lowest BCUT2D eigenvalue weighted by molar-refractivity contribution is -0.137. The van der Waals surface area contributed by atoms with E-state index in [0.717, 1.165) is 12.1 Å². The average Bonchev–Trinajstić information content (AvgIpc) is 2.88. The highest BCUT2D eigenvalue weighted by molar-refractivity contribution is 8.00. The summed E-state index contributed by atoms with van der Waals surface area (Å²) in [5.74, 6) is -0.582. The molecular weight excluding hydrogens is 615 g/mol. The van der Waals surface area contributed by atoms with Gasteiger partial charge in [0.25, 0.3) is 0 Å². The first-order valence-corrected chi connectivity index (χ1v) is 12.8. The lowest BCUT2D eigenvalue weighted by Gasteiger charge is -2.36. The molecule has 1 fully saturated rings. The van der Waals surface area contributed by atoms with Crippen molar-refractivity contribution in [2.45, 2.75) is 16.6 Å². The maximum Gasteiger partial charge on any atom is 0.446 e. The number of alkyl halides is 6. The van der Waals surface area contributed by atoms with Crippen LogP contribution in [0, 0.1) is 0 Å². The number of nitrogens with one attached hydrogen (secondary N) is 1. The minimum atomic E-state index is -4.41. The number of para-hydroxylation sites is 1. The number of carbonyl (C=O) groups excluding carboxylic acids is 1. The molecule has 1 aliphatic heterocycles. The number of thioether (sulfide) groups is 1. The molecule has 224 valence electrons. The molecule has 0 saturated carbocycles. The number of esters is 1. The fraction of sp³-hybridized carbons (Fsp3) is 0.296. The summed E-state index contributed by atoms with van der Waals surface area (Å²) < 4.78 is 82.6. The molecule has 1 saturated heterocycles. The molecule has 1 aliphatic rings. The van der Waals surface area contributed by atoms with Gasteiger partial charge >= 0.3 is 17.7 Å². The van der Waals surface area contributed by atoms with Gasteiger partial charge in [-0.15, -0.1) is 24.8 Å². The van der Waals surface area contributed by atoms with Gasteiger partial charge in [-0.3, -0.25) is 4.90 Å². The van der Waals surface area contributed by atoms with Crippen LogP contribution in [0.1, 0.15) is 15.9 Å². The summed E-state index contributed by atoms with van der Waals surface area (Å²) >= 11 is -0.224. The third kappa shape index (κ3) is 10.2. The van der Waals surface area contributed by atoms with Crippen molar-refractivity contribution in [3.05, 3.63) is 83.9 Å². The van der Waals surface area contributed by atoms with Gasteiger partial charge in [-0.2, -0.15) is 26.3 Å². The topological polar surface area (TPSA) is 44.8 Å². The highest BCUT2D eigenvalue weighted by atomic mass is 35.5. The van der Waals surface area contributed by atoms with Gasteiger partial charge < -0.3 is 15.0 Å². The maximum absolute atomic E-state index is 13.0. The van der Waals surface area contributed by atoms with E-state index in [-0.39, 0.29) is 53.6 Å². The van der Waals surface area contributed by atoms with Crippen molar-refractivity contribution in [2.75, 3.05) is 49.5 Å². The Kier molecular flexibility index (Phi) is 12.5. The van der Waals surface area contributed by atoms with E-state index in [1.54, 1.807) is 36.4 Å². The van der Waals surface area contributed by atoms with Crippen LogP contribution in [-0.4, -0.2) is 55.7 Å². The minimum absolute atomic E-state index is 0. The number of benzene rings is 3. The third-order valence-electron chi connectivity index (χ3n) is 6.05. The van der Waals surface area contributed by atoms with Crippen LogP contribution in [0.3, 0.4) is 0 Å². The molecule has 0 spiro atoms. The summed E-state index contributed by atoms with van der Waals surface area (Å²) in [6.07, 6.45) is -4.40. The molecule has 3 aromatic rings. The van der Waals surface area contributed by atoms with E-state index in [1.807, 2.05) is 4.90 Å². The Labute approximate surface area is 250 Å². The van der Waals surface area contributed by atoms with Crippen LogP contribution < -0.4 is 10.2 Å². The number of anilines is 3. The molecule has 0 atom stereocenters. The summed E-state index contributed by atoms with van der Waals surface area (Å²) in [7, 11) is 0. The fourth-order valence-electron chi connectivity index (χ4n) is 4.15. The molecule has 0 unspecified atom stereocenters. The first-order valence-electron chi connectivity index (χ1n) is 12.0. The van der Waals surface area contributed by atoms with E-state index >= 15 is 0 Å². The number of halogens is 8. The number of rotatable bonds is 8. The third-order valence-corrected chi connectivity index (χ3v) is 6.77. The zero-order valence-electron chi connectivity index (χ0n) is 21.4. The van der Waals surface area contributed by atoms with E-state index in [0.29, 0.717) is 49.8 Å². The molecule has 1 N–H and O–H groups in total. The minimum Gasteiger partial charge on any atom is -0.461 e. The summed E-state index contributed by atoms with van der Waals surface area (Å²) in [5.41, 5.74) is -3.56. The second-order valence-electron chi connectivity index (χ2n) is 8.76. The summed E-state index contributed by atoms with van der Waals surface area (Å²) in [6, 6.07) is 17.6. The van der Waals surface area contributed by atoms with E-state index in [4.69, 9.17) is 4.74 Å². The van der Waals surface area contributed by atoms with Crippen molar-refractivity contribution >= 4 is 59.6 Å². The number of piperazine rings is 1. The molecule has 0 aliphatic carbocycles. The zero-order valence-corrected chi connectivity index (χ0v) is 23.8. The molecule has 4 rings (SSSR count). The van der Waals surface area contributed by atoms with Gasteiger partial charge in [0.2, 0.25) is 0 Å². The first kappa shape index (κ1) is 34.4. The molecule has 0 radical (unpaired) electrons. The van der Waals surface area contributed by atoms with Crippen LogP contribution in [0.15, 0.2) is 77.7 Å². The Balaban J connectivity index is 0.00000294. The number of nitrogens with zero attached hydrogens (tertiary/aromatic N) is 2. The quantitative estimate of drug-likeness (QED) is 0.153. The number of hydrogen-bond donors (Lipinski definition) is 1. The number of ether oxygens (including phenoxy) is 1. The average molecular weight is 642 g/mol. The smallest absolute Gasteiger partial charge is 0.446 e. The highest BCUT2D eigenvalue weighted by Gasteiger charge is 2.31. The molecule has 0 bridgehead atoms. The van der Waals surface area contributed by atoms with Crippen molar-refractivity contribution < 1.29 is 35.9 Å². The molecule has 1 heterocycles. The monoisotopic (exact) mass is 641 g/mol. The van der Waals surface area contributed by atoms with Gasteiger partial charge in [0, 0.05) is 49.0 Å². The van der Waals surface area contributed by atoms with Crippen molar-refractivity contribution in [1.29, 1.82) is 0 Å². The van der Waals surface area contributed by atoms with E-state index in [9.17, 15) is 31.1 Å². The standard InChI is InChI=1S/C27H25F6N3O2S.2ClH/c28-26(29,30)19-5-3-7-21(17-19)36-13-11-35(12-14-36)15-16-38-25(37)23-9-1-2-10-24(23)34-20-6-4-8-22(18-20)39-27(31,32)33;;/h1-10,17-18,34H,11-16H2;2*1H. The van der Waals surface area contributed by atoms with Crippen molar-refractivity contribution in [2.24, 2.45) is 0 Å². The van der Waals surface area contributed by atoms with Crippen LogP contribution >= 0.6 is 36.6 Å². The predicted octanol–water partition coefficient (Wildman–Crippen LogP) is 7.88. The van der Waals surface area contributed by atoms with Crippen molar-refractivity contribution in [3.8, 4) is 0 Å². The van der Waals surface area contributed by atoms with Crippen LogP contribution in [0.5, 0.6) is 0 Å². The molecule has 5 nitrogen and oxygen atoms in total. The fourth-order valence-corrected chi connectivity index (χ4v) is 4.75.